The summed E-state index contributed by atoms with van der Waals surface area (Å²) in [6.45, 7) is 1.56. The van der Waals surface area contributed by atoms with Crippen LogP contribution < -0.4 is 11.2 Å². The monoisotopic (exact) mass is 157 g/mol. The molecule has 0 aromatic rings. The molecule has 2 amide bonds. The molecule has 0 spiro atoms. The Morgan fingerprint density at radius 2 is 2.55 bits per heavy atom. The Bertz CT molecular complexity index is 185. The molecular weight excluding hydrogens is 146 g/mol. The van der Waals surface area contributed by atoms with Gasteiger partial charge in [0.2, 0.25) is 0 Å². The summed E-state index contributed by atoms with van der Waals surface area (Å²) >= 11 is 0. The lowest BCUT2D eigenvalue weighted by atomic mass is 10.1. The van der Waals surface area contributed by atoms with Crippen molar-refractivity contribution in [1.82, 2.24) is 10.4 Å². The molecule has 2 atom stereocenters. The van der Waals surface area contributed by atoms with Crippen molar-refractivity contribution in [3.8, 4) is 0 Å². The van der Waals surface area contributed by atoms with Crippen molar-refractivity contribution < 1.29 is 9.63 Å². The molecule has 2 aliphatic rings. The normalized spacial score (nSPS) is 35.8. The molecule has 3 N–H and O–H groups in total. The number of carbonyl (C=O) groups is 1. The predicted octanol–water partition coefficient (Wildman–Crippen LogP) is -0.752. The van der Waals surface area contributed by atoms with E-state index in [0.717, 1.165) is 19.5 Å². The van der Waals surface area contributed by atoms with Crippen LogP contribution in [0.15, 0.2) is 0 Å². The van der Waals surface area contributed by atoms with E-state index in [4.69, 9.17) is 10.6 Å². The Kier molecular flexibility index (Phi) is 1.47. The topological polar surface area (TPSA) is 67.6 Å². The molecule has 0 radical (unpaired) electrons. The molecule has 5 heteroatoms. The summed E-state index contributed by atoms with van der Waals surface area (Å²) in [5.74, 6) is 0.433. The molecule has 2 saturated heterocycles. The van der Waals surface area contributed by atoms with Gasteiger partial charge in [0.1, 0.15) is 0 Å². The van der Waals surface area contributed by atoms with Crippen molar-refractivity contribution in [2.75, 3.05) is 13.1 Å². The van der Waals surface area contributed by atoms with Crippen LogP contribution in [0.1, 0.15) is 6.42 Å². The zero-order valence-corrected chi connectivity index (χ0v) is 6.12. The molecule has 2 aliphatic heterocycles. The predicted molar refractivity (Wildman–Crippen MR) is 37.3 cm³/mol. The van der Waals surface area contributed by atoms with E-state index >= 15 is 0 Å². The van der Waals surface area contributed by atoms with Crippen molar-refractivity contribution >= 4 is 6.03 Å². The van der Waals surface area contributed by atoms with E-state index in [2.05, 4.69) is 5.48 Å². The highest BCUT2D eigenvalue weighted by Gasteiger charge is 2.40. The Balaban J connectivity index is 2.08. The third-order valence-electron chi connectivity index (χ3n) is 2.28. The number of carbonyl (C=O) groups excluding carboxylic acids is 1. The maximum Gasteiger partial charge on any atom is 0.316 e. The fraction of sp³-hybridized carbons (Fsp3) is 0.833. The van der Waals surface area contributed by atoms with Crippen molar-refractivity contribution in [2.24, 2.45) is 11.7 Å². The van der Waals surface area contributed by atoms with Gasteiger partial charge in [-0.25, -0.2) is 4.79 Å². The SMILES string of the molecule is NC(=O)N1CCC2CNOC21. The maximum absolute atomic E-state index is 10.8. The van der Waals surface area contributed by atoms with Crippen LogP contribution in [-0.2, 0) is 4.84 Å². The number of nitrogens with two attached hydrogens (primary N) is 1. The zero-order valence-electron chi connectivity index (χ0n) is 6.12. The van der Waals surface area contributed by atoms with Crippen molar-refractivity contribution in [3.05, 3.63) is 0 Å². The first-order valence-electron chi connectivity index (χ1n) is 3.73. The average Bonchev–Trinajstić information content (AvgIpc) is 2.41. The van der Waals surface area contributed by atoms with E-state index in [1.165, 1.54) is 0 Å². The summed E-state index contributed by atoms with van der Waals surface area (Å²) in [6.07, 6.45) is 0.869. The summed E-state index contributed by atoms with van der Waals surface area (Å²) in [5, 5.41) is 0. The van der Waals surface area contributed by atoms with Crippen LogP contribution in [0.5, 0.6) is 0 Å². The molecule has 2 fully saturated rings. The lowest BCUT2D eigenvalue weighted by Crippen LogP contribution is -2.41. The van der Waals surface area contributed by atoms with Crippen LogP contribution in [-0.4, -0.2) is 30.2 Å². The van der Waals surface area contributed by atoms with E-state index in [9.17, 15) is 4.79 Å². The summed E-state index contributed by atoms with van der Waals surface area (Å²) < 4.78 is 0. The molecular formula is C6H11N3O2. The van der Waals surface area contributed by atoms with Crippen LogP contribution in [0.2, 0.25) is 0 Å². The Labute approximate surface area is 64.4 Å². The van der Waals surface area contributed by atoms with Gasteiger partial charge < -0.3 is 5.73 Å². The highest BCUT2D eigenvalue weighted by atomic mass is 16.7. The van der Waals surface area contributed by atoms with Gasteiger partial charge in [-0.05, 0) is 6.42 Å². The number of hydroxylamine groups is 1. The number of nitrogens with zero attached hydrogens (tertiary/aromatic N) is 1. The number of nitrogens with one attached hydrogen (secondary N) is 1. The van der Waals surface area contributed by atoms with Gasteiger partial charge in [-0.3, -0.25) is 9.74 Å². The van der Waals surface area contributed by atoms with E-state index in [1.807, 2.05) is 0 Å². The summed E-state index contributed by atoms with van der Waals surface area (Å²) in [5.41, 5.74) is 7.89. The second kappa shape index (κ2) is 2.35. The largest absolute Gasteiger partial charge is 0.351 e. The van der Waals surface area contributed by atoms with Gasteiger partial charge in [-0.2, -0.15) is 5.48 Å². The van der Waals surface area contributed by atoms with Crippen LogP contribution >= 0.6 is 0 Å². The standard InChI is InChI=1S/C6H11N3O2/c7-6(10)9-2-1-4-3-8-11-5(4)9/h4-5,8H,1-3H2,(H2,7,10). The molecule has 0 saturated carbocycles. The number of likely N-dealkylation sites (tertiary alicyclic amines) is 1. The second-order valence-electron chi connectivity index (χ2n) is 2.94. The van der Waals surface area contributed by atoms with Gasteiger partial charge in [0.05, 0.1) is 0 Å². The minimum Gasteiger partial charge on any atom is -0.351 e. The fourth-order valence-corrected chi connectivity index (χ4v) is 1.67. The number of rotatable bonds is 0. The third kappa shape index (κ3) is 0.965. The smallest absolute Gasteiger partial charge is 0.316 e. The number of hydrogen-bond donors (Lipinski definition) is 2. The molecule has 0 aliphatic carbocycles. The average molecular weight is 157 g/mol. The third-order valence-corrected chi connectivity index (χ3v) is 2.28. The van der Waals surface area contributed by atoms with Gasteiger partial charge in [0, 0.05) is 19.0 Å². The number of amides is 2. The molecule has 0 aromatic carbocycles. The van der Waals surface area contributed by atoms with Crippen LogP contribution in [0, 0.1) is 5.92 Å². The van der Waals surface area contributed by atoms with Gasteiger partial charge in [-0.15, -0.1) is 0 Å². The zero-order chi connectivity index (χ0) is 7.84. The summed E-state index contributed by atoms with van der Waals surface area (Å²) in [7, 11) is 0. The minimum absolute atomic E-state index is 0.118. The first-order valence-corrected chi connectivity index (χ1v) is 3.73. The first kappa shape index (κ1) is 6.87. The van der Waals surface area contributed by atoms with E-state index in [0.29, 0.717) is 5.92 Å². The fourth-order valence-electron chi connectivity index (χ4n) is 1.67. The summed E-state index contributed by atoms with van der Waals surface area (Å²) in [6, 6.07) is -0.388. The lowest BCUT2D eigenvalue weighted by Gasteiger charge is -2.19. The second-order valence-corrected chi connectivity index (χ2v) is 2.94. The van der Waals surface area contributed by atoms with Gasteiger partial charge in [0.25, 0.3) is 0 Å². The molecule has 11 heavy (non-hydrogen) atoms. The van der Waals surface area contributed by atoms with Gasteiger partial charge in [0.15, 0.2) is 6.23 Å². The molecule has 2 unspecified atom stereocenters. The van der Waals surface area contributed by atoms with Crippen molar-refractivity contribution in [2.45, 2.75) is 12.6 Å². The number of urea groups is 1. The highest BCUT2D eigenvalue weighted by Crippen LogP contribution is 2.27. The Hall–Kier alpha value is -0.810. The minimum atomic E-state index is -0.388. The highest BCUT2D eigenvalue weighted by molar-refractivity contribution is 5.72. The maximum atomic E-state index is 10.8. The van der Waals surface area contributed by atoms with Crippen LogP contribution in [0.3, 0.4) is 0 Å². The molecule has 0 bridgehead atoms. The summed E-state index contributed by atoms with van der Waals surface area (Å²) in [4.78, 5) is 17.5. The molecule has 2 rings (SSSR count). The Morgan fingerprint density at radius 1 is 1.73 bits per heavy atom. The lowest BCUT2D eigenvalue weighted by molar-refractivity contribution is -0.0346. The van der Waals surface area contributed by atoms with Gasteiger partial charge in [-0.1, -0.05) is 0 Å². The number of fused-ring (bicyclic) bond motifs is 1. The molecule has 2 heterocycles. The van der Waals surface area contributed by atoms with Gasteiger partial charge >= 0.3 is 6.03 Å². The van der Waals surface area contributed by atoms with E-state index in [1.54, 1.807) is 4.90 Å². The van der Waals surface area contributed by atoms with E-state index in [-0.39, 0.29) is 12.3 Å². The number of hydrogen-bond acceptors (Lipinski definition) is 3. The molecule has 62 valence electrons. The van der Waals surface area contributed by atoms with Crippen LogP contribution in [0.25, 0.3) is 0 Å². The first-order chi connectivity index (χ1) is 5.29. The molecule has 0 aromatic heterocycles. The molecule has 5 nitrogen and oxygen atoms in total. The van der Waals surface area contributed by atoms with Crippen molar-refractivity contribution in [3.63, 3.8) is 0 Å². The van der Waals surface area contributed by atoms with E-state index < -0.39 is 0 Å². The van der Waals surface area contributed by atoms with Crippen molar-refractivity contribution in [1.29, 1.82) is 0 Å². The van der Waals surface area contributed by atoms with Crippen LogP contribution in [0.4, 0.5) is 4.79 Å². The quantitative estimate of drug-likeness (QED) is 0.486. The number of primary amides is 1. The Morgan fingerprint density at radius 3 is 3.27 bits per heavy atom.